The standard InChI is InChI=1S/C17H21NO/c1-17(2,3)15-7-9-19-16-5-4-12(10-14(15)16)13-6-8-18-11-13/h4-6,8,10-11,15,18H,7,9H2,1-3H3. The van der Waals surface area contributed by atoms with Crippen LogP contribution in [0.25, 0.3) is 11.1 Å². The second kappa shape index (κ2) is 4.44. The summed E-state index contributed by atoms with van der Waals surface area (Å²) in [5, 5.41) is 0. The molecule has 3 rings (SSSR count). The second-order valence-electron chi connectivity index (χ2n) is 6.41. The summed E-state index contributed by atoms with van der Waals surface area (Å²) in [4.78, 5) is 3.12. The summed E-state index contributed by atoms with van der Waals surface area (Å²) in [6.45, 7) is 7.78. The van der Waals surface area contributed by atoms with Crippen molar-refractivity contribution in [2.24, 2.45) is 5.41 Å². The Balaban J connectivity index is 2.07. The van der Waals surface area contributed by atoms with Gasteiger partial charge >= 0.3 is 0 Å². The van der Waals surface area contributed by atoms with Crippen molar-refractivity contribution in [3.8, 4) is 16.9 Å². The molecule has 1 atom stereocenters. The monoisotopic (exact) mass is 255 g/mol. The van der Waals surface area contributed by atoms with Crippen molar-refractivity contribution in [3.05, 3.63) is 42.2 Å². The Hall–Kier alpha value is -1.70. The van der Waals surface area contributed by atoms with Crippen LogP contribution in [0.4, 0.5) is 0 Å². The number of nitrogens with one attached hydrogen (secondary N) is 1. The molecular weight excluding hydrogens is 234 g/mol. The molecule has 1 aromatic heterocycles. The van der Waals surface area contributed by atoms with Gasteiger partial charge in [-0.25, -0.2) is 0 Å². The van der Waals surface area contributed by atoms with Crippen LogP contribution in [-0.4, -0.2) is 11.6 Å². The smallest absolute Gasteiger partial charge is 0.122 e. The molecule has 1 unspecified atom stereocenters. The normalized spacial score (nSPS) is 18.8. The Bertz CT molecular complexity index is 563. The van der Waals surface area contributed by atoms with Gasteiger partial charge in [0.1, 0.15) is 5.75 Å². The van der Waals surface area contributed by atoms with Crippen molar-refractivity contribution >= 4 is 0 Å². The number of hydrogen-bond acceptors (Lipinski definition) is 1. The number of aromatic amines is 1. The molecule has 0 saturated carbocycles. The van der Waals surface area contributed by atoms with Crippen LogP contribution in [0.1, 0.15) is 38.7 Å². The van der Waals surface area contributed by atoms with Gasteiger partial charge in [0.25, 0.3) is 0 Å². The van der Waals surface area contributed by atoms with Crippen LogP contribution in [0.15, 0.2) is 36.7 Å². The van der Waals surface area contributed by atoms with Gasteiger partial charge in [0.15, 0.2) is 0 Å². The number of hydrogen-bond donors (Lipinski definition) is 1. The van der Waals surface area contributed by atoms with Crippen LogP contribution in [0.2, 0.25) is 0 Å². The Kier molecular flexibility index (Phi) is 2.89. The quantitative estimate of drug-likeness (QED) is 0.791. The van der Waals surface area contributed by atoms with Crippen molar-refractivity contribution < 1.29 is 4.74 Å². The molecule has 2 aromatic rings. The van der Waals surface area contributed by atoms with Gasteiger partial charge in [-0.05, 0) is 52.6 Å². The highest BCUT2D eigenvalue weighted by Gasteiger charge is 2.31. The highest BCUT2D eigenvalue weighted by molar-refractivity contribution is 5.65. The van der Waals surface area contributed by atoms with E-state index in [4.69, 9.17) is 4.74 Å². The lowest BCUT2D eigenvalue weighted by Crippen LogP contribution is -2.25. The van der Waals surface area contributed by atoms with Crippen LogP contribution in [0, 0.1) is 5.41 Å². The first-order valence-electron chi connectivity index (χ1n) is 6.95. The lowest BCUT2D eigenvalue weighted by Gasteiger charge is -2.35. The fourth-order valence-electron chi connectivity index (χ4n) is 2.98. The summed E-state index contributed by atoms with van der Waals surface area (Å²) in [6.07, 6.45) is 5.11. The molecule has 19 heavy (non-hydrogen) atoms. The van der Waals surface area contributed by atoms with E-state index >= 15 is 0 Å². The maximum Gasteiger partial charge on any atom is 0.122 e. The minimum absolute atomic E-state index is 0.273. The highest BCUT2D eigenvalue weighted by Crippen LogP contribution is 2.45. The fourth-order valence-corrected chi connectivity index (χ4v) is 2.98. The van der Waals surface area contributed by atoms with Gasteiger partial charge in [-0.15, -0.1) is 0 Å². The third-order valence-electron chi connectivity index (χ3n) is 4.03. The Labute approximate surface area is 114 Å². The van der Waals surface area contributed by atoms with E-state index < -0.39 is 0 Å². The molecule has 0 spiro atoms. The van der Waals surface area contributed by atoms with Gasteiger partial charge in [-0.3, -0.25) is 0 Å². The molecular formula is C17H21NO. The number of aromatic nitrogens is 1. The second-order valence-corrected chi connectivity index (χ2v) is 6.41. The number of H-pyrrole nitrogens is 1. The van der Waals surface area contributed by atoms with Gasteiger partial charge in [0.05, 0.1) is 6.61 Å². The van der Waals surface area contributed by atoms with Crippen LogP contribution in [0.3, 0.4) is 0 Å². The number of fused-ring (bicyclic) bond motifs is 1. The molecule has 1 aliphatic heterocycles. The summed E-state index contributed by atoms with van der Waals surface area (Å²) in [6, 6.07) is 8.67. The number of benzene rings is 1. The van der Waals surface area contributed by atoms with Crippen molar-refractivity contribution in [1.82, 2.24) is 4.98 Å². The summed E-state index contributed by atoms with van der Waals surface area (Å²) in [7, 11) is 0. The summed E-state index contributed by atoms with van der Waals surface area (Å²) in [5.41, 5.74) is 4.13. The van der Waals surface area contributed by atoms with E-state index in [2.05, 4.69) is 50.0 Å². The van der Waals surface area contributed by atoms with Crippen molar-refractivity contribution in [3.63, 3.8) is 0 Å². The maximum absolute atomic E-state index is 5.81. The molecule has 2 heterocycles. The molecule has 100 valence electrons. The van der Waals surface area contributed by atoms with E-state index in [9.17, 15) is 0 Å². The molecule has 1 aromatic carbocycles. The molecule has 0 bridgehead atoms. The van der Waals surface area contributed by atoms with Gasteiger partial charge in [-0.1, -0.05) is 26.8 Å². The predicted molar refractivity (Wildman–Crippen MR) is 78.5 cm³/mol. The van der Waals surface area contributed by atoms with Crippen LogP contribution in [0.5, 0.6) is 5.75 Å². The van der Waals surface area contributed by atoms with Gasteiger partial charge in [0, 0.05) is 12.4 Å². The summed E-state index contributed by atoms with van der Waals surface area (Å²) < 4.78 is 5.81. The van der Waals surface area contributed by atoms with Crippen molar-refractivity contribution in [2.45, 2.75) is 33.1 Å². The van der Waals surface area contributed by atoms with Crippen LogP contribution < -0.4 is 4.74 Å². The zero-order chi connectivity index (χ0) is 13.5. The predicted octanol–water partition coefficient (Wildman–Crippen LogP) is 4.59. The van der Waals surface area contributed by atoms with Crippen LogP contribution in [-0.2, 0) is 0 Å². The van der Waals surface area contributed by atoms with E-state index in [1.54, 1.807) is 0 Å². The molecule has 0 radical (unpaired) electrons. The molecule has 0 aliphatic carbocycles. The molecule has 2 nitrogen and oxygen atoms in total. The molecule has 2 heteroatoms. The Morgan fingerprint density at radius 2 is 2.00 bits per heavy atom. The van der Waals surface area contributed by atoms with E-state index in [0.29, 0.717) is 5.92 Å². The highest BCUT2D eigenvalue weighted by atomic mass is 16.5. The minimum Gasteiger partial charge on any atom is -0.493 e. The topological polar surface area (TPSA) is 25.0 Å². The van der Waals surface area contributed by atoms with Crippen LogP contribution >= 0.6 is 0 Å². The zero-order valence-electron chi connectivity index (χ0n) is 11.9. The third-order valence-corrected chi connectivity index (χ3v) is 4.03. The maximum atomic E-state index is 5.81. The largest absolute Gasteiger partial charge is 0.493 e. The van der Waals surface area contributed by atoms with Crippen molar-refractivity contribution in [1.29, 1.82) is 0 Å². The Morgan fingerprint density at radius 3 is 2.68 bits per heavy atom. The van der Waals surface area contributed by atoms with Crippen molar-refractivity contribution in [2.75, 3.05) is 6.61 Å². The van der Waals surface area contributed by atoms with E-state index in [1.165, 1.54) is 16.7 Å². The first-order chi connectivity index (χ1) is 9.05. The lowest BCUT2D eigenvalue weighted by atomic mass is 9.73. The van der Waals surface area contributed by atoms with Gasteiger partial charge in [0.2, 0.25) is 0 Å². The molecule has 1 aliphatic rings. The molecule has 0 amide bonds. The molecule has 0 fully saturated rings. The zero-order valence-corrected chi connectivity index (χ0v) is 11.9. The SMILES string of the molecule is CC(C)(C)C1CCOc2ccc(-c3cc[nH]c3)cc21. The van der Waals surface area contributed by atoms with E-state index in [-0.39, 0.29) is 5.41 Å². The van der Waals surface area contributed by atoms with E-state index in [1.807, 2.05) is 12.4 Å². The van der Waals surface area contributed by atoms with Gasteiger partial charge < -0.3 is 9.72 Å². The Morgan fingerprint density at radius 1 is 1.16 bits per heavy atom. The van der Waals surface area contributed by atoms with E-state index in [0.717, 1.165) is 18.8 Å². The average molecular weight is 255 g/mol. The molecule has 0 saturated heterocycles. The molecule has 1 N–H and O–H groups in total. The third kappa shape index (κ3) is 2.27. The first kappa shape index (κ1) is 12.3. The summed E-state index contributed by atoms with van der Waals surface area (Å²) in [5.74, 6) is 1.63. The number of rotatable bonds is 1. The fraction of sp³-hybridized carbons (Fsp3) is 0.412. The first-order valence-corrected chi connectivity index (χ1v) is 6.95. The number of ether oxygens (including phenoxy) is 1. The minimum atomic E-state index is 0.273. The van der Waals surface area contributed by atoms with Gasteiger partial charge in [-0.2, -0.15) is 0 Å². The lowest BCUT2D eigenvalue weighted by molar-refractivity contribution is 0.204. The average Bonchev–Trinajstić information content (AvgIpc) is 2.90. The summed E-state index contributed by atoms with van der Waals surface area (Å²) >= 11 is 0.